The quantitative estimate of drug-likeness (QED) is 0.495. The van der Waals surface area contributed by atoms with Crippen molar-refractivity contribution in [3.05, 3.63) is 35.4 Å². The molecule has 1 aromatic rings. The normalized spacial score (nSPS) is 11.6. The molecule has 1 rings (SSSR count). The molecule has 0 N–H and O–H groups in total. The molecular formula is C22H33NO6. The molecule has 0 aliphatic carbocycles. The van der Waals surface area contributed by atoms with Crippen LogP contribution in [0.4, 0.5) is 9.59 Å². The Kier molecular flexibility index (Phi) is 8.67. The second-order valence-electron chi connectivity index (χ2n) is 8.79. The number of amides is 2. The zero-order chi connectivity index (χ0) is 22.2. The average molecular weight is 408 g/mol. The highest BCUT2D eigenvalue weighted by atomic mass is 16.6. The molecule has 0 aliphatic rings. The number of rotatable bonds is 6. The van der Waals surface area contributed by atoms with E-state index in [0.29, 0.717) is 12.8 Å². The summed E-state index contributed by atoms with van der Waals surface area (Å²) in [5, 5.41) is 0. The summed E-state index contributed by atoms with van der Waals surface area (Å²) in [6.07, 6.45) is 0.275. The van der Waals surface area contributed by atoms with Crippen LogP contribution in [0.3, 0.4) is 0 Å². The van der Waals surface area contributed by atoms with Crippen LogP contribution in [0.2, 0.25) is 0 Å². The van der Waals surface area contributed by atoms with Crippen LogP contribution < -0.4 is 0 Å². The maximum Gasteiger partial charge on any atom is 0.420 e. The molecule has 162 valence electrons. The molecule has 0 spiro atoms. The molecule has 0 atom stereocenters. The van der Waals surface area contributed by atoms with Gasteiger partial charge in [-0.25, -0.2) is 14.5 Å². The number of carbonyl (C=O) groups excluding carboxylic acids is 3. The third-order valence-corrected chi connectivity index (χ3v) is 3.67. The zero-order valence-electron chi connectivity index (χ0n) is 18.5. The van der Waals surface area contributed by atoms with Gasteiger partial charge in [-0.2, -0.15) is 0 Å². The Morgan fingerprint density at radius 2 is 1.28 bits per heavy atom. The van der Waals surface area contributed by atoms with Gasteiger partial charge in [0.2, 0.25) is 0 Å². The minimum Gasteiger partial charge on any atom is -0.469 e. The highest BCUT2D eigenvalue weighted by Gasteiger charge is 2.31. The van der Waals surface area contributed by atoms with Gasteiger partial charge < -0.3 is 14.2 Å². The topological polar surface area (TPSA) is 82.1 Å². The predicted octanol–water partition coefficient (Wildman–Crippen LogP) is 4.85. The van der Waals surface area contributed by atoms with Gasteiger partial charge in [0.15, 0.2) is 0 Å². The first-order chi connectivity index (χ1) is 13.3. The number of carbonyl (C=O) groups is 3. The predicted molar refractivity (Wildman–Crippen MR) is 109 cm³/mol. The summed E-state index contributed by atoms with van der Waals surface area (Å²) in [6, 6.07) is 7.51. The van der Waals surface area contributed by atoms with Crippen LogP contribution >= 0.6 is 0 Å². The van der Waals surface area contributed by atoms with E-state index >= 15 is 0 Å². The zero-order valence-corrected chi connectivity index (χ0v) is 18.5. The van der Waals surface area contributed by atoms with Gasteiger partial charge in [-0.1, -0.05) is 24.3 Å². The maximum atomic E-state index is 12.6. The van der Waals surface area contributed by atoms with E-state index in [1.165, 1.54) is 7.11 Å². The number of esters is 1. The smallest absolute Gasteiger partial charge is 0.420 e. The van der Waals surface area contributed by atoms with E-state index in [0.717, 1.165) is 22.4 Å². The molecule has 0 unspecified atom stereocenters. The summed E-state index contributed by atoms with van der Waals surface area (Å²) in [5.41, 5.74) is 0.346. The Bertz CT molecular complexity index is 669. The number of benzene rings is 1. The van der Waals surface area contributed by atoms with Crippen molar-refractivity contribution < 1.29 is 28.6 Å². The lowest BCUT2D eigenvalue weighted by Crippen LogP contribution is -2.43. The van der Waals surface area contributed by atoms with E-state index in [1.54, 1.807) is 41.5 Å². The van der Waals surface area contributed by atoms with Crippen molar-refractivity contribution in [2.75, 3.05) is 7.11 Å². The van der Waals surface area contributed by atoms with E-state index in [4.69, 9.17) is 9.47 Å². The van der Waals surface area contributed by atoms with Crippen molar-refractivity contribution in [1.82, 2.24) is 4.90 Å². The van der Waals surface area contributed by atoms with Crippen molar-refractivity contribution in [2.24, 2.45) is 0 Å². The van der Waals surface area contributed by atoms with Crippen LogP contribution in [0.1, 0.15) is 65.5 Å². The number of hydrogen-bond acceptors (Lipinski definition) is 6. The van der Waals surface area contributed by atoms with Crippen LogP contribution in [0.15, 0.2) is 24.3 Å². The standard InChI is InChI=1S/C22H33NO6/c1-21(2,3)28-19(25)23(20(26)29-22(4,5)6)15-17-13-11-16(12-14-17)9-8-10-18(24)27-7/h11-14H,8-10,15H2,1-7H3. The molecule has 0 radical (unpaired) electrons. The molecular weight excluding hydrogens is 374 g/mol. The maximum absolute atomic E-state index is 12.6. The number of hydrogen-bond donors (Lipinski definition) is 0. The first kappa shape index (κ1) is 24.5. The molecule has 0 aromatic heterocycles. The minimum absolute atomic E-state index is 0.0340. The van der Waals surface area contributed by atoms with E-state index in [2.05, 4.69) is 4.74 Å². The fourth-order valence-electron chi connectivity index (χ4n) is 2.37. The molecule has 0 saturated carbocycles. The highest BCUT2D eigenvalue weighted by molar-refractivity contribution is 5.88. The van der Waals surface area contributed by atoms with E-state index in [9.17, 15) is 14.4 Å². The van der Waals surface area contributed by atoms with Gasteiger partial charge >= 0.3 is 18.2 Å². The first-order valence-corrected chi connectivity index (χ1v) is 9.69. The Labute approximate surface area is 173 Å². The van der Waals surface area contributed by atoms with E-state index in [-0.39, 0.29) is 12.5 Å². The van der Waals surface area contributed by atoms with E-state index < -0.39 is 23.4 Å². The summed E-state index contributed by atoms with van der Waals surface area (Å²) < 4.78 is 15.4. The Balaban J connectivity index is 2.85. The summed E-state index contributed by atoms with van der Waals surface area (Å²) in [7, 11) is 1.37. The minimum atomic E-state index is -0.756. The molecule has 1 aromatic carbocycles. The van der Waals surface area contributed by atoms with Gasteiger partial charge in [0.05, 0.1) is 13.7 Å². The Hall–Kier alpha value is -2.57. The molecule has 0 saturated heterocycles. The second-order valence-corrected chi connectivity index (χ2v) is 8.79. The summed E-state index contributed by atoms with van der Waals surface area (Å²) in [6.45, 7) is 10.5. The SMILES string of the molecule is COC(=O)CCCc1ccc(CN(C(=O)OC(C)(C)C)C(=O)OC(C)(C)C)cc1. The van der Waals surface area contributed by atoms with Crippen LogP contribution in [-0.4, -0.2) is 41.4 Å². The number of imide groups is 1. The van der Waals surface area contributed by atoms with Gasteiger partial charge in [-0.05, 0) is 65.5 Å². The Morgan fingerprint density at radius 1 is 0.828 bits per heavy atom. The molecule has 0 bridgehead atoms. The van der Waals surface area contributed by atoms with Gasteiger partial charge in [-0.15, -0.1) is 0 Å². The molecule has 7 nitrogen and oxygen atoms in total. The lowest BCUT2D eigenvalue weighted by Gasteiger charge is -2.28. The van der Waals surface area contributed by atoms with Gasteiger partial charge in [0.1, 0.15) is 11.2 Å². The molecule has 29 heavy (non-hydrogen) atoms. The fourth-order valence-corrected chi connectivity index (χ4v) is 2.37. The highest BCUT2D eigenvalue weighted by Crippen LogP contribution is 2.18. The number of nitrogens with zero attached hydrogens (tertiary/aromatic N) is 1. The van der Waals surface area contributed by atoms with Crippen molar-refractivity contribution in [2.45, 2.75) is 78.6 Å². The fraction of sp³-hybridized carbons (Fsp3) is 0.591. The van der Waals surface area contributed by atoms with Gasteiger partial charge in [-0.3, -0.25) is 4.79 Å². The number of methoxy groups -OCH3 is 1. The van der Waals surface area contributed by atoms with Crippen molar-refractivity contribution in [1.29, 1.82) is 0 Å². The van der Waals surface area contributed by atoms with Crippen LogP contribution in [-0.2, 0) is 32.0 Å². The molecule has 0 aliphatic heterocycles. The monoisotopic (exact) mass is 407 g/mol. The summed E-state index contributed by atoms with van der Waals surface area (Å²) in [4.78, 5) is 37.2. The first-order valence-electron chi connectivity index (χ1n) is 9.69. The average Bonchev–Trinajstić information content (AvgIpc) is 2.57. The summed E-state index contributed by atoms with van der Waals surface area (Å²) in [5.74, 6) is -0.230. The number of ether oxygens (including phenoxy) is 3. The second kappa shape index (κ2) is 10.3. The number of aryl methyl sites for hydroxylation is 1. The largest absolute Gasteiger partial charge is 0.469 e. The van der Waals surface area contributed by atoms with Gasteiger partial charge in [0.25, 0.3) is 0 Å². The molecule has 7 heteroatoms. The lowest BCUT2D eigenvalue weighted by atomic mass is 10.1. The van der Waals surface area contributed by atoms with Crippen LogP contribution in [0.25, 0.3) is 0 Å². The van der Waals surface area contributed by atoms with Gasteiger partial charge in [0, 0.05) is 6.42 Å². The third-order valence-electron chi connectivity index (χ3n) is 3.67. The van der Waals surface area contributed by atoms with Crippen LogP contribution in [0.5, 0.6) is 0 Å². The van der Waals surface area contributed by atoms with Crippen LogP contribution in [0, 0.1) is 0 Å². The Morgan fingerprint density at radius 3 is 1.69 bits per heavy atom. The van der Waals surface area contributed by atoms with Crippen molar-refractivity contribution >= 4 is 18.2 Å². The molecule has 0 heterocycles. The molecule has 0 fully saturated rings. The van der Waals surface area contributed by atoms with Crippen molar-refractivity contribution in [3.63, 3.8) is 0 Å². The van der Waals surface area contributed by atoms with Crippen molar-refractivity contribution in [3.8, 4) is 0 Å². The van der Waals surface area contributed by atoms with E-state index in [1.807, 2.05) is 24.3 Å². The lowest BCUT2D eigenvalue weighted by molar-refractivity contribution is -0.140. The third kappa shape index (κ3) is 9.96. The summed E-state index contributed by atoms with van der Waals surface area (Å²) >= 11 is 0. The molecule has 2 amide bonds.